The number of nitrogens with zero attached hydrogens (tertiary/aromatic N) is 1. The van der Waals surface area contributed by atoms with E-state index in [4.69, 9.17) is 14.2 Å². The molecule has 1 aromatic heterocycles. The number of esters is 1. The maximum Gasteiger partial charge on any atom is 0.416 e. The first-order valence-electron chi connectivity index (χ1n) is 8.59. The van der Waals surface area contributed by atoms with Gasteiger partial charge in [-0.1, -0.05) is 5.16 Å². The number of aromatic nitrogens is 1. The lowest BCUT2D eigenvalue weighted by molar-refractivity contribution is -0.137. The van der Waals surface area contributed by atoms with Crippen molar-refractivity contribution in [3.05, 3.63) is 65.5 Å². The molecule has 1 amide bonds. The van der Waals surface area contributed by atoms with Crippen LogP contribution in [0, 0.1) is 0 Å². The SMILES string of the molecule is COC(=O)c1c(NC(=O)c2cnoc2)ccc(Oc2ccc(C(F)(F)F)cc2)c1OC. The molecule has 8 nitrogen and oxygen atoms in total. The Kier molecular flexibility index (Phi) is 6.14. The highest BCUT2D eigenvalue weighted by atomic mass is 19.4. The lowest BCUT2D eigenvalue weighted by Crippen LogP contribution is -2.16. The van der Waals surface area contributed by atoms with Gasteiger partial charge in [-0.05, 0) is 36.4 Å². The van der Waals surface area contributed by atoms with Crippen molar-refractivity contribution in [3.63, 3.8) is 0 Å². The van der Waals surface area contributed by atoms with E-state index in [1.54, 1.807) is 0 Å². The molecule has 2 aromatic carbocycles. The van der Waals surface area contributed by atoms with Gasteiger partial charge < -0.3 is 24.1 Å². The van der Waals surface area contributed by atoms with Crippen LogP contribution in [0.3, 0.4) is 0 Å². The molecule has 162 valence electrons. The summed E-state index contributed by atoms with van der Waals surface area (Å²) in [5.74, 6) is -1.44. The summed E-state index contributed by atoms with van der Waals surface area (Å²) in [7, 11) is 2.39. The van der Waals surface area contributed by atoms with Crippen LogP contribution in [-0.4, -0.2) is 31.3 Å². The van der Waals surface area contributed by atoms with Crippen molar-refractivity contribution < 1.29 is 41.5 Å². The smallest absolute Gasteiger partial charge is 0.416 e. The van der Waals surface area contributed by atoms with Gasteiger partial charge in [0.25, 0.3) is 5.91 Å². The Morgan fingerprint density at radius 2 is 1.77 bits per heavy atom. The summed E-state index contributed by atoms with van der Waals surface area (Å²) in [6, 6.07) is 6.71. The summed E-state index contributed by atoms with van der Waals surface area (Å²) in [5.41, 5.74) is -0.831. The van der Waals surface area contributed by atoms with Crippen molar-refractivity contribution in [2.75, 3.05) is 19.5 Å². The van der Waals surface area contributed by atoms with Crippen LogP contribution in [0.4, 0.5) is 18.9 Å². The third kappa shape index (κ3) is 4.77. The van der Waals surface area contributed by atoms with E-state index in [-0.39, 0.29) is 34.1 Å². The van der Waals surface area contributed by atoms with Crippen molar-refractivity contribution in [3.8, 4) is 17.2 Å². The summed E-state index contributed by atoms with van der Waals surface area (Å²) in [4.78, 5) is 24.7. The number of anilines is 1. The lowest BCUT2D eigenvalue weighted by atomic mass is 10.1. The third-order valence-corrected chi connectivity index (χ3v) is 4.07. The van der Waals surface area contributed by atoms with Gasteiger partial charge >= 0.3 is 12.1 Å². The zero-order valence-corrected chi connectivity index (χ0v) is 16.1. The molecule has 11 heteroatoms. The maximum absolute atomic E-state index is 12.7. The van der Waals surface area contributed by atoms with E-state index >= 15 is 0 Å². The molecule has 3 aromatic rings. The molecule has 0 radical (unpaired) electrons. The molecule has 0 aliphatic carbocycles. The van der Waals surface area contributed by atoms with Gasteiger partial charge in [-0.2, -0.15) is 13.2 Å². The van der Waals surface area contributed by atoms with Crippen molar-refractivity contribution in [1.29, 1.82) is 0 Å². The predicted molar refractivity (Wildman–Crippen MR) is 100 cm³/mol. The Labute approximate surface area is 173 Å². The molecule has 0 fully saturated rings. The van der Waals surface area contributed by atoms with Crippen LogP contribution in [0.2, 0.25) is 0 Å². The number of ether oxygens (including phenoxy) is 3. The van der Waals surface area contributed by atoms with Gasteiger partial charge in [0.1, 0.15) is 17.6 Å². The van der Waals surface area contributed by atoms with Gasteiger partial charge in [0.05, 0.1) is 37.2 Å². The van der Waals surface area contributed by atoms with Crippen molar-refractivity contribution >= 4 is 17.6 Å². The molecule has 31 heavy (non-hydrogen) atoms. The normalized spacial score (nSPS) is 11.0. The number of nitrogens with one attached hydrogen (secondary N) is 1. The maximum atomic E-state index is 12.7. The standard InChI is InChI=1S/C20H15F3N2O6/c1-28-17-15(31-13-5-3-12(4-6-13)20(21,22)23)8-7-14(16(17)19(27)29-2)25-18(26)11-9-24-30-10-11/h3-10H,1-2H3,(H,25,26). The molecule has 1 N–H and O–H groups in total. The molecular weight excluding hydrogens is 421 g/mol. The second-order valence-corrected chi connectivity index (χ2v) is 6.00. The van der Waals surface area contributed by atoms with Crippen LogP contribution in [0.15, 0.2) is 53.4 Å². The van der Waals surface area contributed by atoms with Gasteiger partial charge in [0.15, 0.2) is 11.5 Å². The molecule has 0 saturated carbocycles. The Bertz CT molecular complexity index is 1080. The van der Waals surface area contributed by atoms with Crippen molar-refractivity contribution in [2.45, 2.75) is 6.18 Å². The zero-order valence-electron chi connectivity index (χ0n) is 16.1. The number of benzene rings is 2. The summed E-state index contributed by atoms with van der Waals surface area (Å²) >= 11 is 0. The summed E-state index contributed by atoms with van der Waals surface area (Å²) < 4.78 is 58.5. The van der Waals surface area contributed by atoms with Crippen LogP contribution in [-0.2, 0) is 10.9 Å². The fourth-order valence-corrected chi connectivity index (χ4v) is 2.61. The van der Waals surface area contributed by atoms with Crippen LogP contribution < -0.4 is 14.8 Å². The first-order valence-corrected chi connectivity index (χ1v) is 8.59. The van der Waals surface area contributed by atoms with Crippen LogP contribution in [0.25, 0.3) is 0 Å². The quantitative estimate of drug-likeness (QED) is 0.567. The van der Waals surface area contributed by atoms with Gasteiger partial charge in [0.2, 0.25) is 0 Å². The fourth-order valence-electron chi connectivity index (χ4n) is 2.61. The molecule has 0 atom stereocenters. The minimum Gasteiger partial charge on any atom is -0.492 e. The Balaban J connectivity index is 1.96. The largest absolute Gasteiger partial charge is 0.492 e. The van der Waals surface area contributed by atoms with Gasteiger partial charge in [-0.15, -0.1) is 0 Å². The molecule has 0 saturated heterocycles. The topological polar surface area (TPSA) is 99.9 Å². The average Bonchev–Trinajstić information content (AvgIpc) is 3.28. The highest BCUT2D eigenvalue weighted by Gasteiger charge is 2.30. The summed E-state index contributed by atoms with van der Waals surface area (Å²) in [6.45, 7) is 0. The van der Waals surface area contributed by atoms with E-state index in [1.807, 2.05) is 0 Å². The third-order valence-electron chi connectivity index (χ3n) is 4.07. The summed E-state index contributed by atoms with van der Waals surface area (Å²) in [5, 5.41) is 5.95. The minimum atomic E-state index is -4.49. The number of methoxy groups -OCH3 is 2. The average molecular weight is 436 g/mol. The second kappa shape index (κ2) is 8.78. The second-order valence-electron chi connectivity index (χ2n) is 6.00. The predicted octanol–water partition coefficient (Wildman–Crippen LogP) is 4.53. The van der Waals surface area contributed by atoms with Gasteiger partial charge in [0, 0.05) is 0 Å². The van der Waals surface area contributed by atoms with Crippen LogP contribution in [0.1, 0.15) is 26.3 Å². The number of carbonyl (C=O) groups is 2. The van der Waals surface area contributed by atoms with E-state index in [0.29, 0.717) is 0 Å². The number of rotatable bonds is 6. The van der Waals surface area contributed by atoms with Crippen LogP contribution >= 0.6 is 0 Å². The molecule has 3 rings (SSSR count). The summed E-state index contributed by atoms with van der Waals surface area (Å²) in [6.07, 6.45) is -2.18. The molecule has 0 aliphatic rings. The van der Waals surface area contributed by atoms with Gasteiger partial charge in [-0.3, -0.25) is 4.79 Å². The number of hydrogen-bond donors (Lipinski definition) is 1. The number of halogens is 3. The molecule has 0 bridgehead atoms. The fraction of sp³-hybridized carbons (Fsp3) is 0.150. The first-order chi connectivity index (χ1) is 14.7. The monoisotopic (exact) mass is 436 g/mol. The van der Waals surface area contributed by atoms with E-state index < -0.39 is 23.6 Å². The van der Waals surface area contributed by atoms with Crippen LogP contribution in [0.5, 0.6) is 17.2 Å². The number of hydrogen-bond acceptors (Lipinski definition) is 7. The number of carbonyl (C=O) groups excluding carboxylic acids is 2. The van der Waals surface area contributed by atoms with Crippen molar-refractivity contribution in [2.24, 2.45) is 0 Å². The molecule has 1 heterocycles. The molecule has 0 spiro atoms. The van der Waals surface area contributed by atoms with Crippen molar-refractivity contribution in [1.82, 2.24) is 5.16 Å². The Hall–Kier alpha value is -4.02. The first kappa shape index (κ1) is 21.7. The Morgan fingerprint density at radius 1 is 1.06 bits per heavy atom. The van der Waals surface area contributed by atoms with E-state index in [2.05, 4.69) is 15.0 Å². The number of alkyl halides is 3. The molecular formula is C20H15F3N2O6. The zero-order chi connectivity index (χ0) is 22.6. The highest BCUT2D eigenvalue weighted by Crippen LogP contribution is 2.40. The van der Waals surface area contributed by atoms with E-state index in [9.17, 15) is 22.8 Å². The molecule has 0 unspecified atom stereocenters. The number of amides is 1. The Morgan fingerprint density at radius 3 is 2.32 bits per heavy atom. The van der Waals surface area contributed by atoms with E-state index in [1.165, 1.54) is 25.4 Å². The van der Waals surface area contributed by atoms with E-state index in [0.717, 1.165) is 37.6 Å². The lowest BCUT2D eigenvalue weighted by Gasteiger charge is -2.17. The van der Waals surface area contributed by atoms with Gasteiger partial charge in [-0.25, -0.2) is 4.79 Å². The molecule has 0 aliphatic heterocycles. The highest BCUT2D eigenvalue weighted by molar-refractivity contribution is 6.09. The minimum absolute atomic E-state index is 0.0191.